The van der Waals surface area contributed by atoms with E-state index >= 15 is 0 Å². The fourth-order valence-electron chi connectivity index (χ4n) is 4.01. The van der Waals surface area contributed by atoms with Crippen molar-refractivity contribution in [3.8, 4) is 0 Å². The molecule has 1 unspecified atom stereocenters. The second kappa shape index (κ2) is 5.13. The average molecular weight is 284 g/mol. The summed E-state index contributed by atoms with van der Waals surface area (Å²) < 4.78 is 0. The highest BCUT2D eigenvalue weighted by molar-refractivity contribution is 5.92. The van der Waals surface area contributed by atoms with E-state index in [0.29, 0.717) is 11.8 Å². The van der Waals surface area contributed by atoms with E-state index < -0.39 is 0 Å². The van der Waals surface area contributed by atoms with Gasteiger partial charge in [-0.25, -0.2) is 0 Å². The molecule has 1 spiro atoms. The Balaban J connectivity index is 1.57. The Labute approximate surface area is 126 Å². The van der Waals surface area contributed by atoms with Crippen molar-refractivity contribution in [3.63, 3.8) is 0 Å². The van der Waals surface area contributed by atoms with Crippen LogP contribution in [0.4, 0.5) is 0 Å². The molecule has 1 atom stereocenters. The Kier molecular flexibility index (Phi) is 3.26. The van der Waals surface area contributed by atoms with Gasteiger partial charge in [-0.3, -0.25) is 10.1 Å². The fraction of sp³-hybridized carbons (Fsp3) is 0.611. The summed E-state index contributed by atoms with van der Waals surface area (Å²) in [5.74, 6) is 1.05. The molecule has 1 aromatic rings. The smallest absolute Gasteiger partial charge is 0.244 e. The molecule has 1 heterocycles. The molecule has 21 heavy (non-hydrogen) atoms. The molecule has 1 aliphatic heterocycles. The molecule has 112 valence electrons. The minimum Gasteiger partial charge on any atom is -0.321 e. The summed E-state index contributed by atoms with van der Waals surface area (Å²) in [5.41, 5.74) is 1.01. The fourth-order valence-corrected chi connectivity index (χ4v) is 4.01. The topological polar surface area (TPSA) is 32.3 Å². The molecule has 0 radical (unpaired) electrons. The summed E-state index contributed by atoms with van der Waals surface area (Å²) in [4.78, 5) is 14.9. The van der Waals surface area contributed by atoms with E-state index in [-0.39, 0.29) is 11.7 Å². The van der Waals surface area contributed by atoms with E-state index in [1.807, 2.05) is 6.07 Å². The molecule has 4 rings (SSSR count). The summed E-state index contributed by atoms with van der Waals surface area (Å²) in [5, 5.41) is 3.62. The molecule has 3 nitrogen and oxygen atoms in total. The number of hydrogen-bond donors (Lipinski definition) is 1. The molecule has 3 heteroatoms. The minimum atomic E-state index is -0.213. The second-order valence-corrected chi connectivity index (χ2v) is 7.00. The highest BCUT2D eigenvalue weighted by atomic mass is 16.2. The number of hydrogen-bond acceptors (Lipinski definition) is 2. The Hall–Kier alpha value is -1.35. The van der Waals surface area contributed by atoms with Crippen molar-refractivity contribution in [2.75, 3.05) is 6.54 Å². The number of benzene rings is 1. The molecular weight excluding hydrogens is 260 g/mol. The van der Waals surface area contributed by atoms with E-state index in [4.69, 9.17) is 0 Å². The van der Waals surface area contributed by atoms with Crippen molar-refractivity contribution in [1.29, 1.82) is 0 Å². The zero-order valence-corrected chi connectivity index (χ0v) is 12.6. The van der Waals surface area contributed by atoms with Crippen LogP contribution in [0.1, 0.15) is 56.7 Å². The molecule has 1 aromatic carbocycles. The molecule has 1 amide bonds. The number of rotatable bonds is 3. The SMILES string of the molecule is O=C1N(CC2CCCCC2)C(c2ccccc2)NC12CC2. The molecule has 0 bridgehead atoms. The lowest BCUT2D eigenvalue weighted by Crippen LogP contribution is -2.36. The molecule has 2 aliphatic carbocycles. The Morgan fingerprint density at radius 3 is 2.48 bits per heavy atom. The third kappa shape index (κ3) is 2.38. The molecule has 2 saturated carbocycles. The van der Waals surface area contributed by atoms with Crippen LogP contribution < -0.4 is 5.32 Å². The zero-order valence-electron chi connectivity index (χ0n) is 12.6. The van der Waals surface area contributed by atoms with Crippen LogP contribution in [-0.2, 0) is 4.79 Å². The van der Waals surface area contributed by atoms with E-state index in [2.05, 4.69) is 34.5 Å². The molecule has 0 aromatic heterocycles. The number of carbonyl (C=O) groups excluding carboxylic acids is 1. The summed E-state index contributed by atoms with van der Waals surface area (Å²) in [7, 11) is 0. The van der Waals surface area contributed by atoms with Crippen LogP contribution >= 0.6 is 0 Å². The van der Waals surface area contributed by atoms with Gasteiger partial charge in [0.2, 0.25) is 5.91 Å². The lowest BCUT2D eigenvalue weighted by molar-refractivity contribution is -0.131. The van der Waals surface area contributed by atoms with Gasteiger partial charge >= 0.3 is 0 Å². The first kappa shape index (κ1) is 13.3. The summed E-state index contributed by atoms with van der Waals surface area (Å²) in [6, 6.07) is 10.5. The summed E-state index contributed by atoms with van der Waals surface area (Å²) in [6.07, 6.45) is 8.73. The van der Waals surface area contributed by atoms with Crippen molar-refractivity contribution in [1.82, 2.24) is 10.2 Å². The van der Waals surface area contributed by atoms with Gasteiger partial charge in [0.1, 0.15) is 11.7 Å². The van der Waals surface area contributed by atoms with E-state index in [9.17, 15) is 4.79 Å². The van der Waals surface area contributed by atoms with Crippen molar-refractivity contribution < 1.29 is 4.79 Å². The van der Waals surface area contributed by atoms with Gasteiger partial charge in [-0.1, -0.05) is 49.6 Å². The molecular formula is C18H24N2O. The van der Waals surface area contributed by atoms with Gasteiger partial charge in [-0.2, -0.15) is 0 Å². The highest BCUT2D eigenvalue weighted by Gasteiger charge is 2.59. The third-order valence-electron chi connectivity index (χ3n) is 5.44. The van der Waals surface area contributed by atoms with E-state index in [1.54, 1.807) is 0 Å². The summed E-state index contributed by atoms with van der Waals surface area (Å²) in [6.45, 7) is 0.938. The number of nitrogens with zero attached hydrogens (tertiary/aromatic N) is 1. The molecule has 3 fully saturated rings. The second-order valence-electron chi connectivity index (χ2n) is 7.00. The van der Waals surface area contributed by atoms with Crippen LogP contribution in [0.3, 0.4) is 0 Å². The minimum absolute atomic E-state index is 0.0862. The Morgan fingerprint density at radius 1 is 1.10 bits per heavy atom. The standard InChI is InChI=1S/C18H24N2O/c21-17-18(11-12-18)19-16(15-9-5-2-6-10-15)20(17)13-14-7-3-1-4-8-14/h2,5-6,9-10,14,16,19H,1,3-4,7-8,11-13H2. The maximum absolute atomic E-state index is 12.8. The van der Waals surface area contributed by atoms with E-state index in [0.717, 1.165) is 19.4 Å². The van der Waals surface area contributed by atoms with Crippen molar-refractivity contribution in [2.24, 2.45) is 5.92 Å². The Bertz CT molecular complexity index is 517. The number of amides is 1. The molecule has 3 aliphatic rings. The van der Waals surface area contributed by atoms with Crippen LogP contribution in [0.2, 0.25) is 0 Å². The van der Waals surface area contributed by atoms with Crippen molar-refractivity contribution in [3.05, 3.63) is 35.9 Å². The van der Waals surface area contributed by atoms with Crippen molar-refractivity contribution >= 4 is 5.91 Å². The lowest BCUT2D eigenvalue weighted by atomic mass is 9.88. The van der Waals surface area contributed by atoms with Gasteiger partial charge in [0, 0.05) is 6.54 Å². The predicted molar refractivity (Wildman–Crippen MR) is 82.6 cm³/mol. The first-order valence-corrected chi connectivity index (χ1v) is 8.42. The van der Waals surface area contributed by atoms with Crippen LogP contribution in [0, 0.1) is 5.92 Å². The first-order chi connectivity index (χ1) is 10.3. The van der Waals surface area contributed by atoms with Gasteiger partial charge in [0.25, 0.3) is 0 Å². The number of nitrogens with one attached hydrogen (secondary N) is 1. The van der Waals surface area contributed by atoms with Crippen LogP contribution in [-0.4, -0.2) is 22.9 Å². The molecule has 1 N–H and O–H groups in total. The molecule has 1 saturated heterocycles. The predicted octanol–water partition coefficient (Wildman–Crippen LogP) is 3.23. The monoisotopic (exact) mass is 284 g/mol. The van der Waals surface area contributed by atoms with Gasteiger partial charge in [0.05, 0.1) is 0 Å². The summed E-state index contributed by atoms with van der Waals surface area (Å²) >= 11 is 0. The van der Waals surface area contributed by atoms with Crippen LogP contribution in [0.5, 0.6) is 0 Å². The van der Waals surface area contributed by atoms with E-state index in [1.165, 1.54) is 37.7 Å². The zero-order chi connectivity index (χ0) is 14.3. The largest absolute Gasteiger partial charge is 0.321 e. The van der Waals surface area contributed by atoms with Crippen LogP contribution in [0.25, 0.3) is 0 Å². The Morgan fingerprint density at radius 2 is 1.81 bits per heavy atom. The lowest BCUT2D eigenvalue weighted by Gasteiger charge is -2.30. The average Bonchev–Trinajstić information content (AvgIpc) is 3.27. The quantitative estimate of drug-likeness (QED) is 0.924. The van der Waals surface area contributed by atoms with Gasteiger partial charge in [0.15, 0.2) is 0 Å². The maximum atomic E-state index is 12.8. The third-order valence-corrected chi connectivity index (χ3v) is 5.44. The number of carbonyl (C=O) groups is 1. The van der Waals surface area contributed by atoms with Gasteiger partial charge < -0.3 is 4.90 Å². The van der Waals surface area contributed by atoms with Gasteiger partial charge in [-0.15, -0.1) is 0 Å². The maximum Gasteiger partial charge on any atom is 0.244 e. The van der Waals surface area contributed by atoms with Crippen LogP contribution in [0.15, 0.2) is 30.3 Å². The van der Waals surface area contributed by atoms with Gasteiger partial charge in [-0.05, 0) is 37.2 Å². The first-order valence-electron chi connectivity index (χ1n) is 8.42. The van der Waals surface area contributed by atoms with Crippen molar-refractivity contribution in [2.45, 2.75) is 56.7 Å². The normalized spacial score (nSPS) is 28.3. The highest BCUT2D eigenvalue weighted by Crippen LogP contribution is 2.46.